The van der Waals surface area contributed by atoms with E-state index in [9.17, 15) is 8.42 Å². The quantitative estimate of drug-likeness (QED) is 0.840. The molecule has 0 aliphatic rings. The summed E-state index contributed by atoms with van der Waals surface area (Å²) in [5.41, 5.74) is 2.31. The zero-order chi connectivity index (χ0) is 15.5. The third-order valence-corrected chi connectivity index (χ3v) is 4.62. The van der Waals surface area contributed by atoms with Crippen molar-refractivity contribution >= 4 is 27.3 Å². The lowest BCUT2D eigenvalue weighted by Crippen LogP contribution is -2.14. The highest BCUT2D eigenvalue weighted by Gasteiger charge is 2.15. The number of benzene rings is 2. The van der Waals surface area contributed by atoms with Crippen molar-refractivity contribution in [1.29, 1.82) is 0 Å². The Morgan fingerprint density at radius 3 is 2.48 bits per heavy atom. The molecule has 110 valence electrons. The van der Waals surface area contributed by atoms with Crippen LogP contribution in [-0.2, 0) is 16.4 Å². The van der Waals surface area contributed by atoms with E-state index in [0.717, 1.165) is 11.1 Å². The van der Waals surface area contributed by atoms with Crippen LogP contribution >= 0.6 is 11.6 Å². The van der Waals surface area contributed by atoms with Crippen LogP contribution in [-0.4, -0.2) is 8.42 Å². The van der Waals surface area contributed by atoms with Crippen LogP contribution in [0.1, 0.15) is 11.1 Å². The molecule has 0 saturated carbocycles. The maximum atomic E-state index is 12.4. The number of rotatable bonds is 5. The summed E-state index contributed by atoms with van der Waals surface area (Å²) in [4.78, 5) is 0.229. The highest BCUT2D eigenvalue weighted by Crippen LogP contribution is 2.24. The molecule has 0 heterocycles. The lowest BCUT2D eigenvalue weighted by molar-refractivity contribution is 0.601. The van der Waals surface area contributed by atoms with Crippen molar-refractivity contribution in [3.8, 4) is 0 Å². The van der Waals surface area contributed by atoms with Gasteiger partial charge in [-0.1, -0.05) is 35.4 Å². The number of allylic oxidation sites excluding steroid dienone is 1. The molecular weight excluding hydrogens is 306 g/mol. The monoisotopic (exact) mass is 321 g/mol. The summed E-state index contributed by atoms with van der Waals surface area (Å²) < 4.78 is 27.4. The van der Waals surface area contributed by atoms with Gasteiger partial charge in [0, 0.05) is 5.02 Å². The van der Waals surface area contributed by atoms with E-state index < -0.39 is 10.0 Å². The fraction of sp³-hybridized carbons (Fsp3) is 0.125. The number of aryl methyl sites for hydroxylation is 1. The average molecular weight is 322 g/mol. The molecule has 0 aromatic heterocycles. The van der Waals surface area contributed by atoms with E-state index in [-0.39, 0.29) is 4.90 Å². The van der Waals surface area contributed by atoms with E-state index in [2.05, 4.69) is 11.3 Å². The second-order valence-corrected chi connectivity index (χ2v) is 6.83. The van der Waals surface area contributed by atoms with Crippen molar-refractivity contribution in [2.24, 2.45) is 0 Å². The first kappa shape index (κ1) is 15.6. The van der Waals surface area contributed by atoms with Crippen LogP contribution < -0.4 is 4.72 Å². The van der Waals surface area contributed by atoms with Gasteiger partial charge in [0.25, 0.3) is 10.0 Å². The largest absolute Gasteiger partial charge is 0.279 e. The second kappa shape index (κ2) is 6.33. The third-order valence-electron chi connectivity index (χ3n) is 3.01. The summed E-state index contributed by atoms with van der Waals surface area (Å²) in [5, 5.41) is 0.560. The van der Waals surface area contributed by atoms with Gasteiger partial charge in [0.15, 0.2) is 0 Å². The third kappa shape index (κ3) is 3.86. The number of hydrogen-bond acceptors (Lipinski definition) is 2. The van der Waals surface area contributed by atoms with Crippen LogP contribution in [0.3, 0.4) is 0 Å². The Hall–Kier alpha value is -1.78. The summed E-state index contributed by atoms with van der Waals surface area (Å²) in [6.07, 6.45) is 2.24. The summed E-state index contributed by atoms with van der Waals surface area (Å²) in [7, 11) is -3.61. The molecule has 0 spiro atoms. The van der Waals surface area contributed by atoms with Gasteiger partial charge in [-0.15, -0.1) is 6.58 Å². The van der Waals surface area contributed by atoms with Crippen molar-refractivity contribution < 1.29 is 8.42 Å². The highest BCUT2D eigenvalue weighted by molar-refractivity contribution is 7.92. The maximum Gasteiger partial charge on any atom is 0.261 e. The highest BCUT2D eigenvalue weighted by atomic mass is 35.5. The Morgan fingerprint density at radius 2 is 1.86 bits per heavy atom. The molecule has 2 aromatic rings. The first-order chi connectivity index (χ1) is 9.92. The molecule has 21 heavy (non-hydrogen) atoms. The molecule has 0 fully saturated rings. The lowest BCUT2D eigenvalue weighted by Gasteiger charge is -2.12. The Kier molecular flexibility index (Phi) is 4.70. The van der Waals surface area contributed by atoms with Crippen molar-refractivity contribution in [2.75, 3.05) is 4.72 Å². The van der Waals surface area contributed by atoms with Gasteiger partial charge in [-0.2, -0.15) is 0 Å². The van der Waals surface area contributed by atoms with Gasteiger partial charge in [0.2, 0.25) is 0 Å². The fourth-order valence-electron chi connectivity index (χ4n) is 1.91. The van der Waals surface area contributed by atoms with Crippen LogP contribution in [0.15, 0.2) is 60.0 Å². The van der Waals surface area contributed by atoms with Crippen LogP contribution in [0.4, 0.5) is 5.69 Å². The summed E-state index contributed by atoms with van der Waals surface area (Å²) in [6.45, 7) is 5.58. The molecule has 0 unspecified atom stereocenters. The molecule has 3 nitrogen and oxygen atoms in total. The number of sulfonamides is 1. The predicted octanol–water partition coefficient (Wildman–Crippen LogP) is 4.18. The number of hydrogen-bond donors (Lipinski definition) is 1. The number of nitrogens with one attached hydrogen (secondary N) is 1. The van der Waals surface area contributed by atoms with E-state index in [1.165, 1.54) is 0 Å². The number of halogens is 1. The molecule has 2 aromatic carbocycles. The zero-order valence-corrected chi connectivity index (χ0v) is 13.2. The van der Waals surface area contributed by atoms with E-state index in [4.69, 9.17) is 11.6 Å². The van der Waals surface area contributed by atoms with Gasteiger partial charge < -0.3 is 0 Å². The molecule has 0 atom stereocenters. The average Bonchev–Trinajstić information content (AvgIpc) is 2.42. The number of anilines is 1. The van der Waals surface area contributed by atoms with E-state index in [1.54, 1.807) is 48.5 Å². The SMILES string of the molecule is C=CCc1cc(Cl)ccc1NS(=O)(=O)c1ccc(C)cc1. The standard InChI is InChI=1S/C16H16ClNO2S/c1-3-4-13-11-14(17)7-10-16(13)18-21(19,20)15-8-5-12(2)6-9-15/h3,5-11,18H,1,4H2,2H3. The molecule has 1 N–H and O–H groups in total. The smallest absolute Gasteiger partial charge is 0.261 e. The van der Waals surface area contributed by atoms with Crippen molar-refractivity contribution in [1.82, 2.24) is 0 Å². The van der Waals surface area contributed by atoms with E-state index in [0.29, 0.717) is 17.1 Å². The molecule has 0 radical (unpaired) electrons. The van der Waals surface area contributed by atoms with Gasteiger partial charge in [-0.25, -0.2) is 8.42 Å². The van der Waals surface area contributed by atoms with E-state index in [1.807, 2.05) is 6.92 Å². The van der Waals surface area contributed by atoms with E-state index >= 15 is 0 Å². The maximum absolute atomic E-state index is 12.4. The summed E-state index contributed by atoms with van der Waals surface area (Å²) >= 11 is 5.95. The van der Waals surface area contributed by atoms with Gasteiger partial charge in [0.05, 0.1) is 10.6 Å². The topological polar surface area (TPSA) is 46.2 Å². The van der Waals surface area contributed by atoms with Crippen molar-refractivity contribution in [3.63, 3.8) is 0 Å². The normalized spacial score (nSPS) is 11.1. The fourth-order valence-corrected chi connectivity index (χ4v) is 3.20. The molecule has 2 rings (SSSR count). The van der Waals surface area contributed by atoms with Gasteiger partial charge in [-0.3, -0.25) is 4.72 Å². The Balaban J connectivity index is 2.36. The minimum atomic E-state index is -3.61. The molecule has 0 saturated heterocycles. The molecule has 5 heteroatoms. The van der Waals surface area contributed by atoms with Crippen LogP contribution in [0.25, 0.3) is 0 Å². The van der Waals surface area contributed by atoms with Gasteiger partial charge in [0.1, 0.15) is 0 Å². The Bertz CT molecular complexity index is 752. The molecule has 0 aliphatic heterocycles. The van der Waals surface area contributed by atoms with Crippen molar-refractivity contribution in [2.45, 2.75) is 18.2 Å². The van der Waals surface area contributed by atoms with Crippen LogP contribution in [0.2, 0.25) is 5.02 Å². The molecular formula is C16H16ClNO2S. The molecule has 0 amide bonds. The van der Waals surface area contributed by atoms with Gasteiger partial charge in [-0.05, 0) is 49.2 Å². The second-order valence-electron chi connectivity index (χ2n) is 4.71. The Morgan fingerprint density at radius 1 is 1.19 bits per heavy atom. The predicted molar refractivity (Wildman–Crippen MR) is 87.3 cm³/mol. The first-order valence-electron chi connectivity index (χ1n) is 6.41. The van der Waals surface area contributed by atoms with Crippen LogP contribution in [0, 0.1) is 6.92 Å². The Labute approximate surface area is 130 Å². The zero-order valence-electron chi connectivity index (χ0n) is 11.6. The minimum Gasteiger partial charge on any atom is -0.279 e. The lowest BCUT2D eigenvalue weighted by atomic mass is 10.1. The summed E-state index contributed by atoms with van der Waals surface area (Å²) in [6, 6.07) is 11.7. The van der Waals surface area contributed by atoms with Crippen LogP contribution in [0.5, 0.6) is 0 Å². The van der Waals surface area contributed by atoms with Gasteiger partial charge >= 0.3 is 0 Å². The minimum absolute atomic E-state index is 0.229. The summed E-state index contributed by atoms with van der Waals surface area (Å²) in [5.74, 6) is 0. The first-order valence-corrected chi connectivity index (χ1v) is 8.27. The molecule has 0 bridgehead atoms. The molecule has 0 aliphatic carbocycles. The van der Waals surface area contributed by atoms with Crippen molar-refractivity contribution in [3.05, 3.63) is 71.3 Å².